The normalized spacial score (nSPS) is 24.3. The Morgan fingerprint density at radius 3 is 1.41 bits per heavy atom. The van der Waals surface area contributed by atoms with Crippen molar-refractivity contribution in [3.63, 3.8) is 0 Å². The van der Waals surface area contributed by atoms with E-state index >= 15 is 0 Å². The molecule has 14 amide bonds. The van der Waals surface area contributed by atoms with Crippen LogP contribution in [0.2, 0.25) is 0 Å². The number of amides is 14. The number of likely N-dealkylation sites (N-methyl/N-ethyl adjacent to an activating group) is 2. The Kier molecular flexibility index (Phi) is 39.7. The molecule has 0 aliphatic carbocycles. The molecule has 2 aromatic rings. The largest absolute Gasteiger partial charge is 0.481 e. The molecule has 1 heterocycles. The molecule has 0 bridgehead atoms. The molecule has 0 spiro atoms. The second-order valence-electron chi connectivity index (χ2n) is 27.6. The lowest BCUT2D eigenvalue weighted by molar-refractivity contribution is -0.162. The molecular formula is C71H110N16O20. The molecule has 21 N–H and O–H groups in total. The van der Waals surface area contributed by atoms with Crippen LogP contribution in [0.4, 0.5) is 0 Å². The number of carboxylic acids is 1. The summed E-state index contributed by atoms with van der Waals surface area (Å²) >= 11 is 0. The summed E-state index contributed by atoms with van der Waals surface area (Å²) in [5.41, 5.74) is 23.9. The van der Waals surface area contributed by atoms with Crippen LogP contribution in [0.3, 0.4) is 0 Å². The quantitative estimate of drug-likeness (QED) is 0.0395. The topological polar surface area (TPSA) is 574 Å². The maximum atomic E-state index is 14.9. The van der Waals surface area contributed by atoms with Gasteiger partial charge in [0.25, 0.3) is 0 Å². The van der Waals surface area contributed by atoms with E-state index in [0.29, 0.717) is 24.0 Å². The number of nitrogens with one attached hydrogen (secondary N) is 10. The minimum absolute atomic E-state index is 0.000385. The highest BCUT2D eigenvalue weighted by Crippen LogP contribution is 2.21. The summed E-state index contributed by atoms with van der Waals surface area (Å²) in [7, 11) is 2.48. The lowest BCUT2D eigenvalue weighted by Crippen LogP contribution is -2.61. The number of hydrogen-bond donors (Lipinski definition) is 17. The predicted molar refractivity (Wildman–Crippen MR) is 387 cm³/mol. The van der Waals surface area contributed by atoms with E-state index in [1.165, 1.54) is 14.1 Å². The Hall–Kier alpha value is -10.2. The number of carbonyl (C=O) groups is 16. The van der Waals surface area contributed by atoms with E-state index in [1.54, 1.807) is 88.4 Å². The molecule has 0 radical (unpaired) electrons. The van der Waals surface area contributed by atoms with Gasteiger partial charge in [0.1, 0.15) is 72.6 Å². The molecule has 12 atom stereocenters. The van der Waals surface area contributed by atoms with Gasteiger partial charge in [0.05, 0.1) is 39.0 Å². The van der Waals surface area contributed by atoms with Crippen molar-refractivity contribution in [1.82, 2.24) is 63.0 Å². The Labute approximate surface area is 621 Å². The van der Waals surface area contributed by atoms with Crippen molar-refractivity contribution in [3.8, 4) is 0 Å². The summed E-state index contributed by atoms with van der Waals surface area (Å²) in [6.07, 6.45) is -4.94. The number of aliphatic hydroxyl groups excluding tert-OH is 2. The van der Waals surface area contributed by atoms with Crippen molar-refractivity contribution in [1.29, 1.82) is 0 Å². The zero-order valence-corrected chi connectivity index (χ0v) is 62.1. The van der Waals surface area contributed by atoms with Gasteiger partial charge in [-0.1, -0.05) is 109 Å². The third-order valence-electron chi connectivity index (χ3n) is 17.4. The second kappa shape index (κ2) is 46.7. The zero-order valence-electron chi connectivity index (χ0n) is 62.1. The summed E-state index contributed by atoms with van der Waals surface area (Å²) < 4.78 is 6.01. The smallest absolute Gasteiger partial charge is 0.329 e. The van der Waals surface area contributed by atoms with Gasteiger partial charge in [-0.05, 0) is 93.3 Å². The highest BCUT2D eigenvalue weighted by molar-refractivity contribution is 6.01. The molecule has 1 saturated heterocycles. The summed E-state index contributed by atoms with van der Waals surface area (Å²) in [6.45, 7) is 7.27. The van der Waals surface area contributed by atoms with Crippen LogP contribution in [0.25, 0.3) is 0 Å². The zero-order chi connectivity index (χ0) is 80.2. The van der Waals surface area contributed by atoms with E-state index in [-0.39, 0.29) is 76.3 Å². The van der Waals surface area contributed by atoms with Crippen LogP contribution in [-0.2, 0) is 94.3 Å². The number of aliphatic hydroxyl groups is 2. The minimum atomic E-state index is -1.94. The Morgan fingerprint density at radius 1 is 0.495 bits per heavy atom. The van der Waals surface area contributed by atoms with Gasteiger partial charge in [-0.25, -0.2) is 4.79 Å². The Bertz CT molecular complexity index is 3350. The maximum Gasteiger partial charge on any atom is 0.329 e. The first-order valence-corrected chi connectivity index (χ1v) is 35.7. The van der Waals surface area contributed by atoms with Crippen molar-refractivity contribution >= 4 is 94.6 Å². The number of carbonyl (C=O) groups excluding carboxylic acids is 15. The number of benzene rings is 2. The second-order valence-corrected chi connectivity index (χ2v) is 27.6. The Balaban J connectivity index is 2.30. The Morgan fingerprint density at radius 2 is 0.925 bits per heavy atom. The van der Waals surface area contributed by atoms with Crippen LogP contribution in [-0.4, -0.2) is 239 Å². The van der Waals surface area contributed by atoms with E-state index in [4.69, 9.17) is 27.7 Å². The number of esters is 1. The predicted octanol–water partition coefficient (Wildman–Crippen LogP) is -4.47. The van der Waals surface area contributed by atoms with Gasteiger partial charge in [0.2, 0.25) is 82.7 Å². The lowest BCUT2D eigenvalue weighted by Gasteiger charge is -2.34. The monoisotopic (exact) mass is 1510 g/mol. The molecule has 1 fully saturated rings. The molecule has 36 nitrogen and oxygen atoms in total. The average molecular weight is 1510 g/mol. The number of primary amides is 2. The van der Waals surface area contributed by atoms with Crippen molar-refractivity contribution < 1.29 is 96.8 Å². The van der Waals surface area contributed by atoms with Crippen LogP contribution in [0.5, 0.6) is 0 Å². The molecule has 0 saturated carbocycles. The number of ether oxygens (including phenoxy) is 1. The number of aliphatic carboxylic acids is 1. The summed E-state index contributed by atoms with van der Waals surface area (Å²) in [4.78, 5) is 226. The van der Waals surface area contributed by atoms with Gasteiger partial charge in [-0.15, -0.1) is 0 Å². The van der Waals surface area contributed by atoms with E-state index in [9.17, 15) is 92.0 Å². The van der Waals surface area contributed by atoms with Gasteiger partial charge < -0.3 is 106 Å². The standard InChI is InChI=1S/C71H110N16O20/c1-39(2)18-15-23-44-33-57(92)77-53(38-89)68(103)83-51(35-56(75)91)67(102)85-52(37-88)61(96)76-36-58(93)86(7)54(32-43-21-13-10-14-22-43)69(104)84-48(30-40(3)4)64(99)78-45(24-16-28-72)62(97)79-46(26-27-59(94)95)63(98)82-50(34-55(74)90)66(101)81-49(31-42-19-11-9-12-20-42)65(100)80-47(25-17-29-73)70(105)87(8)60(41(5)6)71(106)107-44/h9-14,19-22,39-41,44-54,60,88-89H,15-18,23-38,72-73H2,1-8H3,(H2,74,90)(H2,75,91)(H,76,96)(H,77,92)(H,78,99)(H,79,97)(H,80,100)(H,81,101)(H,82,98)(H,83,103)(H,84,104)(H,85,102)(H,94,95)/t44-,45-,46+,47-,48+,49-,50-,51-,52+,53+,54-,60+/m1/s1. The molecule has 2 aromatic carbocycles. The molecule has 3 rings (SSSR count). The van der Waals surface area contributed by atoms with Crippen LogP contribution >= 0.6 is 0 Å². The van der Waals surface area contributed by atoms with E-state index in [0.717, 1.165) is 9.80 Å². The SMILES string of the molecule is CC(C)CCC[C@@H]1CC(=O)N[C@@H](CO)C(=O)N[C@H](CC(N)=O)C(=O)N[C@@H](CO)C(=O)NCC(=O)N(C)[C@H](Cc2ccccc2)C(=O)N[C@@H](CC(C)C)C(=O)N[C@H](CCCN)C(=O)N[C@@H](CCC(=O)O)C(=O)N[C@H](CC(N)=O)C(=O)N[C@H](Cc2ccccc2)C(=O)N[C@H](CCCN)C(=O)N(C)[C@@H](C(C)C)C(=O)O1. The number of rotatable bonds is 26. The van der Waals surface area contributed by atoms with E-state index < -0.39 is 225 Å². The van der Waals surface area contributed by atoms with Gasteiger partial charge in [-0.2, -0.15) is 0 Å². The molecule has 594 valence electrons. The number of cyclic esters (lactones) is 1. The fourth-order valence-corrected chi connectivity index (χ4v) is 11.6. The molecule has 0 unspecified atom stereocenters. The first-order chi connectivity index (χ1) is 50.5. The first kappa shape index (κ1) is 91.0. The lowest BCUT2D eigenvalue weighted by atomic mass is 9.99. The minimum Gasteiger partial charge on any atom is -0.481 e. The number of nitrogens with two attached hydrogens (primary N) is 4. The van der Waals surface area contributed by atoms with Gasteiger partial charge >= 0.3 is 11.9 Å². The third-order valence-corrected chi connectivity index (χ3v) is 17.4. The van der Waals surface area contributed by atoms with Crippen molar-refractivity contribution in [2.75, 3.05) is 46.9 Å². The van der Waals surface area contributed by atoms with Crippen LogP contribution in [0.1, 0.15) is 136 Å². The number of carboxylic acid groups (broad SMARTS) is 1. The van der Waals surface area contributed by atoms with Crippen molar-refractivity contribution in [2.24, 2.45) is 40.7 Å². The summed E-state index contributed by atoms with van der Waals surface area (Å²) in [5.74, 6) is -18.6. The third kappa shape index (κ3) is 32.2. The van der Waals surface area contributed by atoms with Gasteiger partial charge in [0, 0.05) is 33.4 Å². The van der Waals surface area contributed by atoms with Crippen molar-refractivity contribution in [3.05, 3.63) is 71.8 Å². The first-order valence-electron chi connectivity index (χ1n) is 35.7. The molecule has 1 aliphatic heterocycles. The average Bonchev–Trinajstić information content (AvgIpc) is 0.838. The number of hydrogen-bond acceptors (Lipinski definition) is 21. The van der Waals surface area contributed by atoms with Gasteiger partial charge in [0.15, 0.2) is 0 Å². The number of nitrogens with zero attached hydrogens (tertiary/aromatic N) is 2. The van der Waals surface area contributed by atoms with Gasteiger partial charge in [-0.3, -0.25) is 71.9 Å². The molecule has 36 heteroatoms. The van der Waals surface area contributed by atoms with Crippen LogP contribution in [0, 0.1) is 17.8 Å². The molecular weight excluding hydrogens is 1400 g/mol. The fourth-order valence-electron chi connectivity index (χ4n) is 11.6. The molecule has 1 aliphatic rings. The van der Waals surface area contributed by atoms with E-state index in [2.05, 4.69) is 53.2 Å². The maximum absolute atomic E-state index is 14.9. The van der Waals surface area contributed by atoms with Crippen LogP contribution < -0.4 is 76.1 Å². The summed E-state index contributed by atoms with van der Waals surface area (Å²) in [6, 6.07) is -2.08. The van der Waals surface area contributed by atoms with Crippen molar-refractivity contribution in [2.45, 2.75) is 210 Å². The molecule has 0 aromatic heterocycles. The fraction of sp³-hybridized carbons (Fsp3) is 0.606. The van der Waals surface area contributed by atoms with E-state index in [1.807, 2.05) is 13.8 Å². The molecule has 107 heavy (non-hydrogen) atoms. The van der Waals surface area contributed by atoms with Crippen LogP contribution in [0.15, 0.2) is 60.7 Å². The highest BCUT2D eigenvalue weighted by Gasteiger charge is 2.41. The highest BCUT2D eigenvalue weighted by atomic mass is 16.5. The summed E-state index contributed by atoms with van der Waals surface area (Å²) in [5, 5.41) is 54.8.